The average Bonchev–Trinajstić information content (AvgIpc) is 2.96. The Morgan fingerprint density at radius 2 is 1.81 bits per heavy atom. The van der Waals surface area contributed by atoms with E-state index >= 15 is 0 Å². The predicted octanol–water partition coefficient (Wildman–Crippen LogP) is 2.20. The van der Waals surface area contributed by atoms with Crippen LogP contribution in [-0.2, 0) is 6.54 Å². The third kappa shape index (κ3) is 2.74. The molecule has 1 aromatic carbocycles. The van der Waals surface area contributed by atoms with Crippen LogP contribution in [0.15, 0.2) is 42.6 Å². The molecule has 2 aliphatic rings. The van der Waals surface area contributed by atoms with Crippen molar-refractivity contribution in [2.24, 2.45) is 0 Å². The first-order valence-electron chi connectivity index (χ1n) is 7.95. The van der Waals surface area contributed by atoms with Crippen molar-refractivity contribution < 1.29 is 0 Å². The fourth-order valence-corrected chi connectivity index (χ4v) is 3.71. The Bertz CT molecular complexity index is 580. The topological polar surface area (TPSA) is 33.1 Å². The number of hydrogen-bond acceptors (Lipinski definition) is 3. The molecule has 110 valence electrons. The van der Waals surface area contributed by atoms with Crippen LogP contribution in [0.1, 0.15) is 25.0 Å². The molecule has 2 atom stereocenters. The van der Waals surface area contributed by atoms with E-state index in [1.54, 1.807) is 0 Å². The predicted molar refractivity (Wildman–Crippen MR) is 83.4 cm³/mol. The Labute approximate surface area is 125 Å². The number of benzene rings is 1. The molecule has 4 heteroatoms. The van der Waals surface area contributed by atoms with Crippen molar-refractivity contribution in [3.8, 4) is 5.69 Å². The Balaban J connectivity index is 1.52. The van der Waals surface area contributed by atoms with Gasteiger partial charge in [0.1, 0.15) is 0 Å². The summed E-state index contributed by atoms with van der Waals surface area (Å²) in [6, 6.07) is 13.9. The molecule has 0 saturated carbocycles. The summed E-state index contributed by atoms with van der Waals surface area (Å²) >= 11 is 0. The van der Waals surface area contributed by atoms with E-state index in [4.69, 9.17) is 0 Å². The van der Waals surface area contributed by atoms with Crippen LogP contribution in [0.3, 0.4) is 0 Å². The lowest BCUT2D eigenvalue weighted by Gasteiger charge is -2.42. The molecule has 21 heavy (non-hydrogen) atoms. The molecule has 2 fully saturated rings. The van der Waals surface area contributed by atoms with Gasteiger partial charge in [-0.15, -0.1) is 0 Å². The molecule has 2 aliphatic heterocycles. The van der Waals surface area contributed by atoms with Crippen molar-refractivity contribution in [2.75, 3.05) is 13.1 Å². The van der Waals surface area contributed by atoms with Gasteiger partial charge in [-0.05, 0) is 31.0 Å². The molecule has 0 amide bonds. The van der Waals surface area contributed by atoms with Crippen LogP contribution in [0.25, 0.3) is 5.69 Å². The molecular weight excluding hydrogens is 260 g/mol. The normalized spacial score (nSPS) is 25.9. The van der Waals surface area contributed by atoms with E-state index in [1.165, 1.54) is 25.0 Å². The molecule has 0 spiro atoms. The Morgan fingerprint density at radius 1 is 1.05 bits per heavy atom. The fourth-order valence-electron chi connectivity index (χ4n) is 3.71. The van der Waals surface area contributed by atoms with E-state index in [0.717, 1.165) is 25.3 Å². The summed E-state index contributed by atoms with van der Waals surface area (Å²) in [5.74, 6) is 0. The molecule has 2 saturated heterocycles. The van der Waals surface area contributed by atoms with Crippen molar-refractivity contribution in [3.05, 3.63) is 48.3 Å². The summed E-state index contributed by atoms with van der Waals surface area (Å²) in [6.07, 6.45) is 5.94. The second kappa shape index (κ2) is 5.62. The Morgan fingerprint density at radius 3 is 2.57 bits per heavy atom. The standard InChI is InChI=1S/C17H22N4/c1-2-7-16(8-3-1)21-17(9-10-18-21)13-20-11-14-5-4-6-15(12-20)19-14/h1-3,7-10,14-15,19H,4-6,11-13H2. The van der Waals surface area contributed by atoms with E-state index in [0.29, 0.717) is 12.1 Å². The van der Waals surface area contributed by atoms with Crippen molar-refractivity contribution >= 4 is 0 Å². The number of rotatable bonds is 3. The average molecular weight is 282 g/mol. The highest BCUT2D eigenvalue weighted by molar-refractivity contribution is 5.32. The number of para-hydroxylation sites is 1. The zero-order valence-corrected chi connectivity index (χ0v) is 12.3. The minimum absolute atomic E-state index is 0.686. The van der Waals surface area contributed by atoms with E-state index in [9.17, 15) is 0 Å². The maximum atomic E-state index is 4.50. The van der Waals surface area contributed by atoms with E-state index in [-0.39, 0.29) is 0 Å². The van der Waals surface area contributed by atoms with Crippen LogP contribution in [0.2, 0.25) is 0 Å². The van der Waals surface area contributed by atoms with E-state index in [1.807, 2.05) is 12.3 Å². The van der Waals surface area contributed by atoms with Gasteiger partial charge in [0, 0.05) is 37.9 Å². The maximum Gasteiger partial charge on any atom is 0.0649 e. The summed E-state index contributed by atoms with van der Waals surface area (Å²) in [5, 5.41) is 8.24. The number of piperidine rings is 1. The van der Waals surface area contributed by atoms with Gasteiger partial charge >= 0.3 is 0 Å². The number of fused-ring (bicyclic) bond motifs is 2. The van der Waals surface area contributed by atoms with Crippen molar-refractivity contribution in [1.29, 1.82) is 0 Å². The third-order valence-electron chi connectivity index (χ3n) is 4.64. The van der Waals surface area contributed by atoms with Gasteiger partial charge in [-0.2, -0.15) is 5.10 Å². The van der Waals surface area contributed by atoms with Crippen molar-refractivity contribution in [1.82, 2.24) is 20.0 Å². The smallest absolute Gasteiger partial charge is 0.0649 e. The highest BCUT2D eigenvalue weighted by Gasteiger charge is 2.29. The van der Waals surface area contributed by atoms with Gasteiger partial charge in [-0.3, -0.25) is 4.90 Å². The van der Waals surface area contributed by atoms with Gasteiger partial charge in [0.05, 0.1) is 11.4 Å². The van der Waals surface area contributed by atoms with Gasteiger partial charge in [-0.1, -0.05) is 24.6 Å². The number of aromatic nitrogens is 2. The number of hydrogen-bond donors (Lipinski definition) is 1. The highest BCUT2D eigenvalue weighted by atomic mass is 15.3. The molecule has 0 radical (unpaired) electrons. The van der Waals surface area contributed by atoms with Crippen LogP contribution in [0.4, 0.5) is 0 Å². The highest BCUT2D eigenvalue weighted by Crippen LogP contribution is 2.21. The van der Waals surface area contributed by atoms with Crippen molar-refractivity contribution in [2.45, 2.75) is 37.9 Å². The van der Waals surface area contributed by atoms with E-state index < -0.39 is 0 Å². The molecule has 1 aromatic heterocycles. The van der Waals surface area contributed by atoms with Crippen LogP contribution in [0.5, 0.6) is 0 Å². The quantitative estimate of drug-likeness (QED) is 0.937. The summed E-state index contributed by atoms with van der Waals surface area (Å²) in [6.45, 7) is 3.32. The zero-order valence-electron chi connectivity index (χ0n) is 12.3. The first-order valence-corrected chi connectivity index (χ1v) is 7.95. The number of nitrogens with one attached hydrogen (secondary N) is 1. The molecule has 3 heterocycles. The fraction of sp³-hybridized carbons (Fsp3) is 0.471. The SMILES string of the molecule is c1ccc(-n2nccc2CN2CC3CCCC(C2)N3)cc1. The van der Waals surface area contributed by atoms with E-state index in [2.05, 4.69) is 50.3 Å². The Kier molecular flexibility index (Phi) is 3.49. The lowest BCUT2D eigenvalue weighted by atomic mass is 9.94. The van der Waals surface area contributed by atoms with Crippen LogP contribution >= 0.6 is 0 Å². The largest absolute Gasteiger partial charge is 0.309 e. The minimum Gasteiger partial charge on any atom is -0.309 e. The molecule has 4 nitrogen and oxygen atoms in total. The summed E-state index contributed by atoms with van der Waals surface area (Å²) in [7, 11) is 0. The lowest BCUT2D eigenvalue weighted by molar-refractivity contribution is 0.118. The first kappa shape index (κ1) is 13.0. The second-order valence-corrected chi connectivity index (χ2v) is 6.26. The Hall–Kier alpha value is -1.65. The summed E-state index contributed by atoms with van der Waals surface area (Å²) in [5.41, 5.74) is 2.43. The first-order chi connectivity index (χ1) is 10.4. The number of nitrogens with zero attached hydrogens (tertiary/aromatic N) is 3. The van der Waals surface area contributed by atoms with Crippen molar-refractivity contribution in [3.63, 3.8) is 0 Å². The molecule has 1 N–H and O–H groups in total. The second-order valence-electron chi connectivity index (χ2n) is 6.26. The lowest BCUT2D eigenvalue weighted by Crippen LogP contribution is -2.58. The van der Waals surface area contributed by atoms with Gasteiger partial charge in [0.2, 0.25) is 0 Å². The molecule has 0 aliphatic carbocycles. The molecule has 2 unspecified atom stereocenters. The van der Waals surface area contributed by atoms with Gasteiger partial charge in [0.25, 0.3) is 0 Å². The summed E-state index contributed by atoms with van der Waals surface area (Å²) in [4.78, 5) is 2.58. The third-order valence-corrected chi connectivity index (χ3v) is 4.64. The maximum absolute atomic E-state index is 4.50. The van der Waals surface area contributed by atoms with Gasteiger partial charge in [-0.25, -0.2) is 4.68 Å². The van der Waals surface area contributed by atoms with Gasteiger partial charge in [0.15, 0.2) is 0 Å². The van der Waals surface area contributed by atoms with Crippen LogP contribution < -0.4 is 5.32 Å². The van der Waals surface area contributed by atoms with Gasteiger partial charge < -0.3 is 5.32 Å². The number of likely N-dealkylation sites (tertiary alicyclic amines) is 1. The zero-order chi connectivity index (χ0) is 14.1. The molecule has 4 rings (SSSR count). The minimum atomic E-state index is 0.686. The van der Waals surface area contributed by atoms with Crippen LogP contribution in [-0.4, -0.2) is 39.9 Å². The summed E-state index contributed by atoms with van der Waals surface area (Å²) < 4.78 is 2.07. The monoisotopic (exact) mass is 282 g/mol. The number of piperazine rings is 1. The molecular formula is C17H22N4. The van der Waals surface area contributed by atoms with Crippen LogP contribution in [0, 0.1) is 0 Å². The molecule has 2 aromatic rings. The molecule has 2 bridgehead atoms.